The fourth-order valence-electron chi connectivity index (χ4n) is 2.32. The third kappa shape index (κ3) is 3.03. The van der Waals surface area contributed by atoms with Gasteiger partial charge in [-0.15, -0.1) is 11.3 Å². The van der Waals surface area contributed by atoms with Gasteiger partial charge in [0, 0.05) is 17.1 Å². The Hall–Kier alpha value is -0.450. The summed E-state index contributed by atoms with van der Waals surface area (Å²) in [7, 11) is 0. The van der Waals surface area contributed by atoms with Gasteiger partial charge in [-0.25, -0.2) is 4.98 Å². The number of hydrogen-bond acceptors (Lipinski definition) is 4. The molecule has 0 amide bonds. The molecule has 0 bridgehead atoms. The number of aryl methyl sites for hydroxylation is 1. The van der Waals surface area contributed by atoms with Crippen LogP contribution in [0.1, 0.15) is 30.5 Å². The lowest BCUT2D eigenvalue weighted by molar-refractivity contribution is 0.162. The normalized spacial score (nSPS) is 18.2. The first kappa shape index (κ1) is 12.0. The van der Waals surface area contributed by atoms with Gasteiger partial charge >= 0.3 is 0 Å². The molecule has 1 aromatic rings. The molecule has 0 radical (unpaired) electrons. The maximum Gasteiger partial charge on any atom is 0.107 e. The van der Waals surface area contributed by atoms with E-state index in [2.05, 4.69) is 34.4 Å². The topological polar surface area (TPSA) is 28.2 Å². The zero-order valence-corrected chi connectivity index (χ0v) is 11.0. The third-order valence-corrected chi connectivity index (χ3v) is 4.19. The third-order valence-electron chi connectivity index (χ3n) is 3.24. The number of nitrogens with zero attached hydrogens (tertiary/aromatic N) is 2. The van der Waals surface area contributed by atoms with Crippen molar-refractivity contribution in [2.24, 2.45) is 0 Å². The highest BCUT2D eigenvalue weighted by Crippen LogP contribution is 2.17. The fourth-order valence-corrected chi connectivity index (χ4v) is 3.12. The molecule has 1 N–H and O–H groups in total. The van der Waals surface area contributed by atoms with Gasteiger partial charge in [0.05, 0.1) is 6.54 Å². The van der Waals surface area contributed by atoms with Crippen LogP contribution in [-0.4, -0.2) is 35.6 Å². The lowest BCUT2D eigenvalue weighted by atomic mass is 10.1. The van der Waals surface area contributed by atoms with Gasteiger partial charge in [-0.1, -0.05) is 6.92 Å². The first-order valence-corrected chi connectivity index (χ1v) is 7.03. The molecule has 0 atom stereocenters. The predicted molar refractivity (Wildman–Crippen MR) is 68.8 cm³/mol. The lowest BCUT2D eigenvalue weighted by Gasteiger charge is -2.33. The van der Waals surface area contributed by atoms with Gasteiger partial charge in [0.25, 0.3) is 0 Å². The predicted octanol–water partition coefficient (Wildman–Crippen LogP) is 2.03. The van der Waals surface area contributed by atoms with Crippen molar-refractivity contribution in [1.29, 1.82) is 0 Å². The second-order valence-electron chi connectivity index (χ2n) is 4.43. The largest absolute Gasteiger partial charge is 0.317 e. The molecule has 1 saturated heterocycles. The second-order valence-corrected chi connectivity index (χ2v) is 5.37. The molecule has 4 heteroatoms. The summed E-state index contributed by atoms with van der Waals surface area (Å²) in [6, 6.07) is 0.746. The van der Waals surface area contributed by atoms with Crippen LogP contribution in [0, 0.1) is 6.92 Å². The minimum absolute atomic E-state index is 0.746. The van der Waals surface area contributed by atoms with Gasteiger partial charge in [0.15, 0.2) is 0 Å². The molecular formula is C12H21N3S. The first-order chi connectivity index (χ1) is 7.79. The van der Waals surface area contributed by atoms with Crippen LogP contribution in [0.15, 0.2) is 5.38 Å². The average Bonchev–Trinajstić information content (AvgIpc) is 2.73. The molecule has 16 heavy (non-hydrogen) atoms. The fraction of sp³-hybridized carbons (Fsp3) is 0.750. The van der Waals surface area contributed by atoms with Crippen LogP contribution >= 0.6 is 11.3 Å². The van der Waals surface area contributed by atoms with E-state index < -0.39 is 0 Å². The van der Waals surface area contributed by atoms with Gasteiger partial charge in [0.1, 0.15) is 5.01 Å². The number of hydrogen-bond donors (Lipinski definition) is 1. The van der Waals surface area contributed by atoms with E-state index in [-0.39, 0.29) is 0 Å². The van der Waals surface area contributed by atoms with Crippen molar-refractivity contribution in [2.75, 3.05) is 19.6 Å². The Bertz CT molecular complexity index is 318. The summed E-state index contributed by atoms with van der Waals surface area (Å²) in [5, 5.41) is 6.83. The van der Waals surface area contributed by atoms with Crippen molar-refractivity contribution in [3.8, 4) is 0 Å². The first-order valence-electron chi connectivity index (χ1n) is 6.15. The number of piperidine rings is 1. The molecule has 0 unspecified atom stereocenters. The van der Waals surface area contributed by atoms with E-state index in [0.717, 1.165) is 37.9 Å². The van der Waals surface area contributed by atoms with E-state index in [4.69, 9.17) is 0 Å². The number of rotatable bonds is 4. The highest BCUT2D eigenvalue weighted by Gasteiger charge is 2.20. The van der Waals surface area contributed by atoms with Crippen LogP contribution in [0.4, 0.5) is 0 Å². The molecule has 3 nitrogen and oxygen atoms in total. The Morgan fingerprint density at radius 2 is 2.25 bits per heavy atom. The Labute approximate surface area is 102 Å². The summed E-state index contributed by atoms with van der Waals surface area (Å²) < 4.78 is 0. The summed E-state index contributed by atoms with van der Waals surface area (Å²) in [4.78, 5) is 7.12. The van der Waals surface area contributed by atoms with Crippen LogP contribution in [0.2, 0.25) is 0 Å². The second kappa shape index (κ2) is 5.75. The van der Waals surface area contributed by atoms with E-state index in [0.29, 0.717) is 0 Å². The number of aromatic nitrogens is 1. The summed E-state index contributed by atoms with van der Waals surface area (Å²) in [6.45, 7) is 8.81. The molecule has 1 aliphatic heterocycles. The minimum atomic E-state index is 0.746. The Kier molecular flexibility index (Phi) is 4.32. The summed E-state index contributed by atoms with van der Waals surface area (Å²) in [6.07, 6.45) is 2.55. The van der Waals surface area contributed by atoms with E-state index in [1.165, 1.54) is 17.8 Å². The highest BCUT2D eigenvalue weighted by molar-refractivity contribution is 7.09. The highest BCUT2D eigenvalue weighted by atomic mass is 32.1. The molecule has 0 aromatic carbocycles. The monoisotopic (exact) mass is 239 g/mol. The van der Waals surface area contributed by atoms with Gasteiger partial charge in [0.2, 0.25) is 0 Å². The van der Waals surface area contributed by atoms with E-state index in [1.807, 2.05) is 0 Å². The quantitative estimate of drug-likeness (QED) is 0.871. The van der Waals surface area contributed by atoms with Crippen molar-refractivity contribution >= 4 is 11.3 Å². The Morgan fingerprint density at radius 1 is 1.50 bits per heavy atom. The van der Waals surface area contributed by atoms with Crippen LogP contribution < -0.4 is 5.32 Å². The van der Waals surface area contributed by atoms with Crippen LogP contribution in [-0.2, 0) is 6.54 Å². The van der Waals surface area contributed by atoms with Crippen molar-refractivity contribution in [2.45, 2.75) is 39.3 Å². The van der Waals surface area contributed by atoms with Crippen LogP contribution in [0.3, 0.4) is 0 Å². The summed E-state index contributed by atoms with van der Waals surface area (Å²) in [5.74, 6) is 0. The van der Waals surface area contributed by atoms with Crippen molar-refractivity contribution in [3.63, 3.8) is 0 Å². The van der Waals surface area contributed by atoms with Gasteiger partial charge in [-0.05, 0) is 39.4 Å². The van der Waals surface area contributed by atoms with E-state index >= 15 is 0 Å². The van der Waals surface area contributed by atoms with Crippen LogP contribution in [0.25, 0.3) is 0 Å². The maximum atomic E-state index is 4.55. The number of nitrogens with one attached hydrogen (secondary N) is 1. The molecule has 2 rings (SSSR count). The van der Waals surface area contributed by atoms with Gasteiger partial charge < -0.3 is 5.32 Å². The summed E-state index contributed by atoms with van der Waals surface area (Å²) >= 11 is 1.79. The molecule has 1 fully saturated rings. The smallest absolute Gasteiger partial charge is 0.107 e. The molecule has 1 aromatic heterocycles. The average molecular weight is 239 g/mol. The molecule has 1 aliphatic rings. The summed E-state index contributed by atoms with van der Waals surface area (Å²) in [5.41, 5.74) is 1.15. The zero-order chi connectivity index (χ0) is 11.4. The molecule has 0 spiro atoms. The molecule has 0 saturated carbocycles. The van der Waals surface area contributed by atoms with Gasteiger partial charge in [-0.3, -0.25) is 4.90 Å². The number of thiazole rings is 1. The zero-order valence-electron chi connectivity index (χ0n) is 10.2. The van der Waals surface area contributed by atoms with Gasteiger partial charge in [-0.2, -0.15) is 0 Å². The SMILES string of the molecule is CCN(Cc1nc(C)cs1)C1CCNCC1. The lowest BCUT2D eigenvalue weighted by Crippen LogP contribution is -2.42. The van der Waals surface area contributed by atoms with Crippen molar-refractivity contribution in [3.05, 3.63) is 16.1 Å². The molecule has 90 valence electrons. The Morgan fingerprint density at radius 3 is 2.81 bits per heavy atom. The molecule has 2 heterocycles. The van der Waals surface area contributed by atoms with Crippen LogP contribution in [0.5, 0.6) is 0 Å². The van der Waals surface area contributed by atoms with E-state index in [1.54, 1.807) is 11.3 Å². The standard InChI is InChI=1S/C12H21N3S/c1-3-15(11-4-6-13-7-5-11)8-12-14-10(2)9-16-12/h9,11,13H,3-8H2,1-2H3. The Balaban J connectivity index is 1.94. The molecular weight excluding hydrogens is 218 g/mol. The van der Waals surface area contributed by atoms with Crippen molar-refractivity contribution < 1.29 is 0 Å². The maximum absolute atomic E-state index is 4.55. The van der Waals surface area contributed by atoms with Crippen molar-refractivity contribution in [1.82, 2.24) is 15.2 Å². The minimum Gasteiger partial charge on any atom is -0.317 e. The molecule has 0 aliphatic carbocycles. The van der Waals surface area contributed by atoms with E-state index in [9.17, 15) is 0 Å².